The highest BCUT2D eigenvalue weighted by Crippen LogP contribution is 2.33. The van der Waals surface area contributed by atoms with Crippen molar-refractivity contribution in [2.24, 2.45) is 11.7 Å². The fourth-order valence-electron chi connectivity index (χ4n) is 3.14. The maximum absolute atomic E-state index is 6.00. The van der Waals surface area contributed by atoms with E-state index in [1.165, 1.54) is 31.5 Å². The predicted molar refractivity (Wildman–Crippen MR) is 74.3 cm³/mol. The van der Waals surface area contributed by atoms with Gasteiger partial charge in [0, 0.05) is 12.7 Å². The van der Waals surface area contributed by atoms with Gasteiger partial charge in [-0.25, -0.2) is 4.98 Å². The minimum Gasteiger partial charge on any atom is -0.333 e. The van der Waals surface area contributed by atoms with Crippen molar-refractivity contribution in [3.8, 4) is 0 Å². The summed E-state index contributed by atoms with van der Waals surface area (Å²) in [5, 5.41) is 0. The van der Waals surface area contributed by atoms with Crippen LogP contribution in [0.1, 0.15) is 44.3 Å². The van der Waals surface area contributed by atoms with Gasteiger partial charge in [-0.05, 0) is 45.3 Å². The number of aromatic nitrogens is 2. The molecule has 0 aliphatic carbocycles. The van der Waals surface area contributed by atoms with Gasteiger partial charge in [0.15, 0.2) is 0 Å². The molecule has 2 heterocycles. The van der Waals surface area contributed by atoms with Crippen LogP contribution in [0.25, 0.3) is 0 Å². The molecule has 0 saturated carbocycles. The molecule has 0 bridgehead atoms. The molecule has 102 valence electrons. The normalized spacial score (nSPS) is 26.2. The molecule has 1 saturated heterocycles. The van der Waals surface area contributed by atoms with Crippen LogP contribution in [0, 0.1) is 5.92 Å². The molecule has 1 aliphatic rings. The Kier molecular flexibility index (Phi) is 4.78. The van der Waals surface area contributed by atoms with Gasteiger partial charge >= 0.3 is 0 Å². The summed E-state index contributed by atoms with van der Waals surface area (Å²) in [7, 11) is 2.22. The van der Waals surface area contributed by atoms with Gasteiger partial charge in [0.1, 0.15) is 0 Å². The van der Waals surface area contributed by atoms with E-state index in [-0.39, 0.29) is 0 Å². The van der Waals surface area contributed by atoms with E-state index >= 15 is 0 Å². The number of hydrogen-bond acceptors (Lipinski definition) is 3. The first-order chi connectivity index (χ1) is 8.77. The number of hydrogen-bond donors (Lipinski definition) is 1. The van der Waals surface area contributed by atoms with E-state index in [4.69, 9.17) is 5.73 Å². The Balaban J connectivity index is 2.27. The van der Waals surface area contributed by atoms with Crippen LogP contribution < -0.4 is 5.73 Å². The monoisotopic (exact) mass is 250 g/mol. The van der Waals surface area contributed by atoms with Crippen molar-refractivity contribution in [1.29, 1.82) is 0 Å². The lowest BCUT2D eigenvalue weighted by Gasteiger charge is -2.32. The Morgan fingerprint density at radius 2 is 2.28 bits per heavy atom. The highest BCUT2D eigenvalue weighted by Gasteiger charge is 2.30. The van der Waals surface area contributed by atoms with Crippen LogP contribution in [-0.2, 0) is 6.54 Å². The molecule has 2 rings (SSSR count). The summed E-state index contributed by atoms with van der Waals surface area (Å²) in [4.78, 5) is 6.81. The third kappa shape index (κ3) is 2.75. The van der Waals surface area contributed by atoms with Gasteiger partial charge < -0.3 is 10.3 Å². The maximum atomic E-state index is 6.00. The third-order valence-electron chi connectivity index (χ3n) is 4.07. The lowest BCUT2D eigenvalue weighted by Crippen LogP contribution is -2.34. The highest BCUT2D eigenvalue weighted by atomic mass is 15.2. The molecule has 4 nitrogen and oxygen atoms in total. The van der Waals surface area contributed by atoms with Gasteiger partial charge in [-0.2, -0.15) is 0 Å². The first-order valence-electron chi connectivity index (χ1n) is 7.18. The van der Waals surface area contributed by atoms with Crippen molar-refractivity contribution in [2.45, 2.75) is 45.2 Å². The Hall–Kier alpha value is -0.870. The van der Waals surface area contributed by atoms with E-state index in [0.29, 0.717) is 12.0 Å². The fourth-order valence-corrected chi connectivity index (χ4v) is 3.14. The van der Waals surface area contributed by atoms with Gasteiger partial charge in [0.2, 0.25) is 0 Å². The van der Waals surface area contributed by atoms with E-state index in [2.05, 4.69) is 28.4 Å². The van der Waals surface area contributed by atoms with E-state index in [1.54, 1.807) is 0 Å². The van der Waals surface area contributed by atoms with Crippen LogP contribution in [0.4, 0.5) is 0 Å². The summed E-state index contributed by atoms with van der Waals surface area (Å²) >= 11 is 0. The topological polar surface area (TPSA) is 47.1 Å². The standard InChI is InChI=1S/C14H26N4/c1-3-7-18-11-16-10-13(18)14-12(9-15)6-4-5-8-17(14)2/h10-12,14H,3-9,15H2,1-2H3. The maximum Gasteiger partial charge on any atom is 0.0948 e. The van der Waals surface area contributed by atoms with Crippen LogP contribution in [0.5, 0.6) is 0 Å². The molecule has 0 spiro atoms. The SMILES string of the molecule is CCCn1cncc1C1C(CN)CCCCN1C. The highest BCUT2D eigenvalue weighted by molar-refractivity contribution is 5.08. The third-order valence-corrected chi connectivity index (χ3v) is 4.07. The van der Waals surface area contributed by atoms with Gasteiger partial charge in [-0.3, -0.25) is 4.90 Å². The van der Waals surface area contributed by atoms with Gasteiger partial charge in [-0.15, -0.1) is 0 Å². The number of rotatable bonds is 4. The van der Waals surface area contributed by atoms with Crippen LogP contribution in [0.2, 0.25) is 0 Å². The molecule has 2 N–H and O–H groups in total. The molecule has 4 heteroatoms. The smallest absolute Gasteiger partial charge is 0.0948 e. The zero-order valence-electron chi connectivity index (χ0n) is 11.7. The molecule has 0 amide bonds. The lowest BCUT2D eigenvalue weighted by molar-refractivity contribution is 0.186. The summed E-state index contributed by atoms with van der Waals surface area (Å²) in [5.74, 6) is 0.560. The average molecular weight is 250 g/mol. The van der Waals surface area contributed by atoms with Gasteiger partial charge in [0.25, 0.3) is 0 Å². The van der Waals surface area contributed by atoms with E-state index in [1.807, 2.05) is 12.5 Å². The molecule has 0 radical (unpaired) electrons. The molecule has 0 aromatic carbocycles. The van der Waals surface area contributed by atoms with E-state index < -0.39 is 0 Å². The van der Waals surface area contributed by atoms with Crippen molar-refractivity contribution < 1.29 is 0 Å². The largest absolute Gasteiger partial charge is 0.333 e. The lowest BCUT2D eigenvalue weighted by atomic mass is 9.92. The summed E-state index contributed by atoms with van der Waals surface area (Å²) < 4.78 is 2.30. The van der Waals surface area contributed by atoms with Crippen molar-refractivity contribution in [3.05, 3.63) is 18.2 Å². The van der Waals surface area contributed by atoms with Crippen molar-refractivity contribution in [2.75, 3.05) is 20.1 Å². The summed E-state index contributed by atoms with van der Waals surface area (Å²) in [6.07, 6.45) is 8.96. The van der Waals surface area contributed by atoms with Crippen molar-refractivity contribution in [3.63, 3.8) is 0 Å². The Bertz CT molecular complexity index is 360. The number of imidazole rings is 1. The molecule has 1 aromatic rings. The predicted octanol–water partition coefficient (Wildman–Crippen LogP) is 2.02. The Morgan fingerprint density at radius 1 is 1.44 bits per heavy atom. The molecular formula is C14H26N4. The molecule has 1 fully saturated rings. The molecule has 18 heavy (non-hydrogen) atoms. The van der Waals surface area contributed by atoms with Crippen LogP contribution in [0.3, 0.4) is 0 Å². The second kappa shape index (κ2) is 6.34. The zero-order valence-corrected chi connectivity index (χ0v) is 11.7. The van der Waals surface area contributed by atoms with Crippen LogP contribution in [-0.4, -0.2) is 34.6 Å². The van der Waals surface area contributed by atoms with E-state index in [9.17, 15) is 0 Å². The zero-order chi connectivity index (χ0) is 13.0. The second-order valence-corrected chi connectivity index (χ2v) is 5.43. The summed E-state index contributed by atoms with van der Waals surface area (Å²) in [6, 6.07) is 0.437. The number of nitrogens with zero attached hydrogens (tertiary/aromatic N) is 3. The number of aryl methyl sites for hydroxylation is 1. The summed E-state index contributed by atoms with van der Waals surface area (Å²) in [6.45, 7) is 5.20. The molecular weight excluding hydrogens is 224 g/mol. The molecule has 2 unspecified atom stereocenters. The van der Waals surface area contributed by atoms with Crippen LogP contribution >= 0.6 is 0 Å². The second-order valence-electron chi connectivity index (χ2n) is 5.43. The first-order valence-corrected chi connectivity index (χ1v) is 7.18. The minimum absolute atomic E-state index is 0.437. The Labute approximate surface area is 110 Å². The number of nitrogens with two attached hydrogens (primary N) is 1. The van der Waals surface area contributed by atoms with Crippen molar-refractivity contribution in [1.82, 2.24) is 14.5 Å². The van der Waals surface area contributed by atoms with Gasteiger partial charge in [-0.1, -0.05) is 13.3 Å². The molecule has 1 aromatic heterocycles. The molecule has 2 atom stereocenters. The Morgan fingerprint density at radius 3 is 3.00 bits per heavy atom. The molecule has 1 aliphatic heterocycles. The fraction of sp³-hybridized carbons (Fsp3) is 0.786. The number of likely N-dealkylation sites (tertiary alicyclic amines) is 1. The first kappa shape index (κ1) is 13.6. The van der Waals surface area contributed by atoms with Crippen LogP contribution in [0.15, 0.2) is 12.5 Å². The van der Waals surface area contributed by atoms with Crippen molar-refractivity contribution >= 4 is 0 Å². The summed E-state index contributed by atoms with van der Waals surface area (Å²) in [5.41, 5.74) is 7.34. The average Bonchev–Trinajstić information content (AvgIpc) is 2.73. The quantitative estimate of drug-likeness (QED) is 0.889. The van der Waals surface area contributed by atoms with E-state index in [0.717, 1.165) is 19.5 Å². The minimum atomic E-state index is 0.437. The van der Waals surface area contributed by atoms with Gasteiger partial charge in [0.05, 0.1) is 18.1 Å².